The van der Waals surface area contributed by atoms with Crippen LogP contribution in [0.4, 0.5) is 5.82 Å². The van der Waals surface area contributed by atoms with Crippen LogP contribution in [0.25, 0.3) is 16.9 Å². The van der Waals surface area contributed by atoms with Crippen LogP contribution in [0, 0.1) is 11.8 Å². The molecule has 0 atom stereocenters. The molecular formula is C23H21N5. The van der Waals surface area contributed by atoms with E-state index in [1.54, 1.807) is 18.6 Å². The SMILES string of the molecule is CC(C)(C)Nc1c(-c2ccc(C#Cc3ccccn3)cc2)nc2cnccn12. The first-order valence-corrected chi connectivity index (χ1v) is 9.13. The van der Waals surface area contributed by atoms with Crippen molar-refractivity contribution in [3.8, 4) is 23.1 Å². The summed E-state index contributed by atoms with van der Waals surface area (Å²) in [5.74, 6) is 7.19. The monoisotopic (exact) mass is 367 g/mol. The van der Waals surface area contributed by atoms with Gasteiger partial charge in [-0.25, -0.2) is 9.97 Å². The van der Waals surface area contributed by atoms with Gasteiger partial charge in [0.1, 0.15) is 17.2 Å². The van der Waals surface area contributed by atoms with Gasteiger partial charge in [-0.2, -0.15) is 0 Å². The number of benzene rings is 1. The fourth-order valence-corrected chi connectivity index (χ4v) is 2.87. The van der Waals surface area contributed by atoms with Gasteiger partial charge in [0.25, 0.3) is 0 Å². The number of nitrogens with one attached hydrogen (secondary N) is 1. The van der Waals surface area contributed by atoms with Crippen LogP contribution in [0.3, 0.4) is 0 Å². The summed E-state index contributed by atoms with van der Waals surface area (Å²) < 4.78 is 2.03. The average molecular weight is 367 g/mol. The van der Waals surface area contributed by atoms with Crippen molar-refractivity contribution in [1.82, 2.24) is 19.4 Å². The smallest absolute Gasteiger partial charge is 0.157 e. The van der Waals surface area contributed by atoms with E-state index in [-0.39, 0.29) is 5.54 Å². The molecule has 1 aromatic carbocycles. The Morgan fingerprint density at radius 1 is 0.964 bits per heavy atom. The van der Waals surface area contributed by atoms with Gasteiger partial charge in [-0.3, -0.25) is 9.38 Å². The summed E-state index contributed by atoms with van der Waals surface area (Å²) in [5, 5.41) is 3.57. The lowest BCUT2D eigenvalue weighted by Gasteiger charge is -2.22. The predicted molar refractivity (Wildman–Crippen MR) is 112 cm³/mol. The number of anilines is 1. The molecule has 3 heterocycles. The van der Waals surface area contributed by atoms with Gasteiger partial charge >= 0.3 is 0 Å². The summed E-state index contributed by atoms with van der Waals surface area (Å²) in [5.41, 5.74) is 4.33. The highest BCUT2D eigenvalue weighted by molar-refractivity contribution is 5.77. The Morgan fingerprint density at radius 2 is 1.79 bits per heavy atom. The normalized spacial score (nSPS) is 11.1. The molecule has 0 amide bonds. The largest absolute Gasteiger partial charge is 0.365 e. The number of nitrogens with zero attached hydrogens (tertiary/aromatic N) is 4. The molecule has 1 N–H and O–H groups in total. The number of imidazole rings is 1. The van der Waals surface area contributed by atoms with Gasteiger partial charge in [-0.05, 0) is 51.0 Å². The van der Waals surface area contributed by atoms with E-state index in [2.05, 4.69) is 47.9 Å². The molecule has 5 heteroatoms. The molecule has 28 heavy (non-hydrogen) atoms. The third-order valence-electron chi connectivity index (χ3n) is 4.08. The molecular weight excluding hydrogens is 346 g/mol. The van der Waals surface area contributed by atoms with Crippen molar-refractivity contribution in [3.63, 3.8) is 0 Å². The van der Waals surface area contributed by atoms with Crippen molar-refractivity contribution in [1.29, 1.82) is 0 Å². The molecule has 0 fully saturated rings. The van der Waals surface area contributed by atoms with E-state index in [9.17, 15) is 0 Å². The minimum atomic E-state index is -0.0952. The van der Waals surface area contributed by atoms with Crippen LogP contribution in [0.1, 0.15) is 32.0 Å². The number of rotatable bonds is 2. The first-order valence-electron chi connectivity index (χ1n) is 9.13. The second-order valence-electron chi connectivity index (χ2n) is 7.53. The van der Waals surface area contributed by atoms with Crippen molar-refractivity contribution in [2.45, 2.75) is 26.3 Å². The molecule has 0 radical (unpaired) electrons. The Hall–Kier alpha value is -3.65. The van der Waals surface area contributed by atoms with Gasteiger partial charge in [-0.1, -0.05) is 24.1 Å². The molecule has 5 nitrogen and oxygen atoms in total. The van der Waals surface area contributed by atoms with E-state index >= 15 is 0 Å². The molecule has 138 valence electrons. The number of aromatic nitrogens is 4. The van der Waals surface area contributed by atoms with E-state index in [0.717, 1.165) is 34.0 Å². The molecule has 0 spiro atoms. The first kappa shape index (κ1) is 17.7. The summed E-state index contributed by atoms with van der Waals surface area (Å²) >= 11 is 0. The van der Waals surface area contributed by atoms with Gasteiger partial charge in [0, 0.05) is 35.3 Å². The van der Waals surface area contributed by atoms with Crippen LogP contribution in [0.15, 0.2) is 67.3 Å². The number of hydrogen-bond donors (Lipinski definition) is 1. The Balaban J connectivity index is 1.70. The predicted octanol–water partition coefficient (Wildman–Crippen LogP) is 4.40. The third-order valence-corrected chi connectivity index (χ3v) is 4.08. The maximum atomic E-state index is 4.78. The van der Waals surface area contributed by atoms with Gasteiger partial charge in [0.15, 0.2) is 5.65 Å². The Labute approximate surface area is 164 Å². The molecule has 0 bridgehead atoms. The van der Waals surface area contributed by atoms with Crippen LogP contribution < -0.4 is 5.32 Å². The second kappa shape index (κ2) is 7.16. The Morgan fingerprint density at radius 3 is 2.50 bits per heavy atom. The highest BCUT2D eigenvalue weighted by Gasteiger charge is 2.19. The van der Waals surface area contributed by atoms with Crippen molar-refractivity contribution >= 4 is 11.5 Å². The molecule has 4 rings (SSSR count). The first-order chi connectivity index (χ1) is 13.5. The quantitative estimate of drug-likeness (QED) is 0.534. The number of hydrogen-bond acceptors (Lipinski definition) is 4. The summed E-state index contributed by atoms with van der Waals surface area (Å²) in [6.45, 7) is 6.40. The van der Waals surface area contributed by atoms with Crippen molar-refractivity contribution < 1.29 is 0 Å². The fourth-order valence-electron chi connectivity index (χ4n) is 2.87. The highest BCUT2D eigenvalue weighted by Crippen LogP contribution is 2.30. The summed E-state index contributed by atoms with van der Waals surface area (Å²) in [7, 11) is 0. The van der Waals surface area contributed by atoms with Crippen LogP contribution in [0.2, 0.25) is 0 Å². The molecule has 0 saturated heterocycles. The van der Waals surface area contributed by atoms with E-state index < -0.39 is 0 Å². The summed E-state index contributed by atoms with van der Waals surface area (Å²) in [4.78, 5) is 13.2. The lowest BCUT2D eigenvalue weighted by atomic mass is 10.1. The third kappa shape index (κ3) is 3.86. The van der Waals surface area contributed by atoms with Gasteiger partial charge in [-0.15, -0.1) is 0 Å². The minimum absolute atomic E-state index is 0.0952. The van der Waals surface area contributed by atoms with Crippen LogP contribution in [-0.4, -0.2) is 24.9 Å². The average Bonchev–Trinajstić information content (AvgIpc) is 3.05. The topological polar surface area (TPSA) is 55.1 Å². The molecule has 0 aliphatic heterocycles. The van der Waals surface area contributed by atoms with Crippen molar-refractivity contribution in [3.05, 3.63) is 78.5 Å². The number of fused-ring (bicyclic) bond motifs is 1. The van der Waals surface area contributed by atoms with E-state index in [4.69, 9.17) is 4.98 Å². The molecule has 0 aliphatic carbocycles. The van der Waals surface area contributed by atoms with E-state index in [1.807, 2.05) is 53.1 Å². The molecule has 0 aliphatic rings. The highest BCUT2D eigenvalue weighted by atomic mass is 15.2. The maximum absolute atomic E-state index is 4.78. The molecule has 3 aromatic heterocycles. The summed E-state index contributed by atoms with van der Waals surface area (Å²) in [6.07, 6.45) is 7.20. The molecule has 4 aromatic rings. The van der Waals surface area contributed by atoms with Crippen LogP contribution in [0.5, 0.6) is 0 Å². The zero-order valence-electron chi connectivity index (χ0n) is 16.1. The van der Waals surface area contributed by atoms with Crippen LogP contribution >= 0.6 is 0 Å². The van der Waals surface area contributed by atoms with Crippen molar-refractivity contribution in [2.24, 2.45) is 0 Å². The van der Waals surface area contributed by atoms with E-state index in [1.165, 1.54) is 0 Å². The standard InChI is InChI=1S/C23H21N5/c1-23(2,3)27-22-21(26-20-16-24-14-15-28(20)22)18-10-7-17(8-11-18)9-12-19-6-4-5-13-25-19/h4-8,10-11,13-16,27H,1-3H3. The van der Waals surface area contributed by atoms with Gasteiger partial charge in [0.05, 0.1) is 6.20 Å². The van der Waals surface area contributed by atoms with Gasteiger partial charge in [0.2, 0.25) is 0 Å². The maximum Gasteiger partial charge on any atom is 0.157 e. The Kier molecular flexibility index (Phi) is 4.54. The van der Waals surface area contributed by atoms with E-state index in [0.29, 0.717) is 0 Å². The summed E-state index contributed by atoms with van der Waals surface area (Å²) in [6, 6.07) is 13.8. The zero-order valence-corrected chi connectivity index (χ0v) is 16.1. The van der Waals surface area contributed by atoms with Crippen molar-refractivity contribution in [2.75, 3.05) is 5.32 Å². The minimum Gasteiger partial charge on any atom is -0.365 e. The lowest BCUT2D eigenvalue weighted by Crippen LogP contribution is -2.27. The zero-order chi connectivity index (χ0) is 19.6. The van der Waals surface area contributed by atoms with Gasteiger partial charge < -0.3 is 5.32 Å². The second-order valence-corrected chi connectivity index (χ2v) is 7.53. The molecule has 0 unspecified atom stereocenters. The number of pyridine rings is 1. The lowest BCUT2D eigenvalue weighted by molar-refractivity contribution is 0.629. The fraction of sp³-hybridized carbons (Fsp3) is 0.174. The molecule has 0 saturated carbocycles. The van der Waals surface area contributed by atoms with Crippen LogP contribution in [-0.2, 0) is 0 Å². The Bertz CT molecular complexity index is 1160.